The molecule has 0 fully saturated rings. The molecule has 1 heterocycles. The van der Waals surface area contributed by atoms with E-state index in [1.807, 2.05) is 0 Å². The zero-order valence-electron chi connectivity index (χ0n) is 11.5. The van der Waals surface area contributed by atoms with Gasteiger partial charge < -0.3 is 5.11 Å². The molecule has 8 heteroatoms. The summed E-state index contributed by atoms with van der Waals surface area (Å²) in [4.78, 5) is 11.7. The van der Waals surface area contributed by atoms with Gasteiger partial charge in [0, 0.05) is 5.56 Å². The summed E-state index contributed by atoms with van der Waals surface area (Å²) < 4.78 is 15.1. The minimum atomic E-state index is -1.26. The zero-order chi connectivity index (χ0) is 15.6. The van der Waals surface area contributed by atoms with Gasteiger partial charge in [-0.15, -0.1) is 5.10 Å². The summed E-state index contributed by atoms with van der Waals surface area (Å²) in [6.45, 7) is 3.51. The first kappa shape index (κ1) is 15.6. The van der Waals surface area contributed by atoms with Crippen LogP contribution in [0, 0.1) is 5.82 Å². The number of tetrazole rings is 1. The maximum atomic E-state index is 13.7. The summed E-state index contributed by atoms with van der Waals surface area (Å²) >= 11 is 3.15. The molecule has 1 aromatic heterocycles. The van der Waals surface area contributed by atoms with Crippen molar-refractivity contribution in [3.05, 3.63) is 28.5 Å². The highest BCUT2D eigenvalue weighted by Gasteiger charge is 2.40. The van der Waals surface area contributed by atoms with E-state index in [4.69, 9.17) is 0 Å². The number of carboxylic acid groups (broad SMARTS) is 1. The van der Waals surface area contributed by atoms with Gasteiger partial charge in [-0.1, -0.05) is 19.9 Å². The van der Waals surface area contributed by atoms with Crippen molar-refractivity contribution in [2.45, 2.75) is 32.2 Å². The second kappa shape index (κ2) is 5.88. The third-order valence-electron chi connectivity index (χ3n) is 3.64. The van der Waals surface area contributed by atoms with Crippen LogP contribution >= 0.6 is 15.9 Å². The molecule has 21 heavy (non-hydrogen) atoms. The molecule has 6 nitrogen and oxygen atoms in total. The second-order valence-electron chi connectivity index (χ2n) is 4.56. The Kier molecular flexibility index (Phi) is 4.36. The first-order valence-corrected chi connectivity index (χ1v) is 7.23. The second-order valence-corrected chi connectivity index (χ2v) is 5.35. The van der Waals surface area contributed by atoms with Gasteiger partial charge in [-0.2, -0.15) is 0 Å². The van der Waals surface area contributed by atoms with Gasteiger partial charge in [0.2, 0.25) is 0 Å². The molecule has 0 aliphatic heterocycles. The molecule has 0 saturated heterocycles. The molecule has 0 aliphatic carbocycles. The Morgan fingerprint density at radius 1 is 1.43 bits per heavy atom. The van der Waals surface area contributed by atoms with Crippen LogP contribution in [-0.2, 0) is 10.3 Å². The van der Waals surface area contributed by atoms with Gasteiger partial charge in [0.15, 0.2) is 11.4 Å². The van der Waals surface area contributed by atoms with Gasteiger partial charge in [-0.05, 0) is 51.3 Å². The van der Waals surface area contributed by atoms with Gasteiger partial charge in [0.1, 0.15) is 5.82 Å². The third kappa shape index (κ3) is 2.44. The Labute approximate surface area is 129 Å². The summed E-state index contributed by atoms with van der Waals surface area (Å²) in [6.07, 6.45) is 0.619. The van der Waals surface area contributed by atoms with E-state index in [1.165, 1.54) is 16.8 Å². The third-order valence-corrected chi connectivity index (χ3v) is 4.44. The van der Waals surface area contributed by atoms with Crippen LogP contribution in [0.3, 0.4) is 0 Å². The van der Waals surface area contributed by atoms with Crippen molar-refractivity contribution < 1.29 is 14.3 Å². The van der Waals surface area contributed by atoms with E-state index in [9.17, 15) is 14.3 Å². The Bertz CT molecular complexity index is 670. The van der Waals surface area contributed by atoms with Gasteiger partial charge in [0.05, 0.1) is 4.47 Å². The van der Waals surface area contributed by atoms with Gasteiger partial charge in [-0.3, -0.25) is 0 Å². The smallest absolute Gasteiger partial charge is 0.331 e. The molecular weight excluding hydrogens is 343 g/mol. The summed E-state index contributed by atoms with van der Waals surface area (Å²) in [5, 5.41) is 20.9. The zero-order valence-corrected chi connectivity index (χ0v) is 13.1. The first-order valence-electron chi connectivity index (χ1n) is 6.44. The molecule has 0 bridgehead atoms. The molecule has 0 atom stereocenters. The Hall–Kier alpha value is -1.83. The van der Waals surface area contributed by atoms with Crippen LogP contribution in [-0.4, -0.2) is 31.3 Å². The number of hydrogen-bond acceptors (Lipinski definition) is 4. The van der Waals surface area contributed by atoms with Gasteiger partial charge in [-0.25, -0.2) is 13.9 Å². The minimum absolute atomic E-state index is 0.201. The Morgan fingerprint density at radius 3 is 2.67 bits per heavy atom. The van der Waals surface area contributed by atoms with Crippen molar-refractivity contribution in [1.82, 2.24) is 20.2 Å². The van der Waals surface area contributed by atoms with Crippen LogP contribution in [0.5, 0.6) is 0 Å². The maximum Gasteiger partial charge on any atom is 0.331 e. The fourth-order valence-corrected chi connectivity index (χ4v) is 2.70. The monoisotopic (exact) mass is 356 g/mol. The van der Waals surface area contributed by atoms with Crippen molar-refractivity contribution in [1.29, 1.82) is 0 Å². The molecular formula is C13H14BrFN4O2. The number of nitrogens with zero attached hydrogens (tertiary/aromatic N) is 4. The van der Waals surface area contributed by atoms with Gasteiger partial charge in [0.25, 0.3) is 0 Å². The predicted molar refractivity (Wildman–Crippen MR) is 77.1 cm³/mol. The minimum Gasteiger partial charge on any atom is -0.479 e. The Balaban J connectivity index is 2.68. The van der Waals surface area contributed by atoms with E-state index in [0.29, 0.717) is 18.4 Å². The molecule has 0 saturated carbocycles. The van der Waals surface area contributed by atoms with Crippen molar-refractivity contribution in [3.63, 3.8) is 0 Å². The Morgan fingerprint density at radius 2 is 2.10 bits per heavy atom. The van der Waals surface area contributed by atoms with E-state index in [1.54, 1.807) is 19.9 Å². The summed E-state index contributed by atoms with van der Waals surface area (Å²) in [5.41, 5.74) is -0.850. The number of aliphatic carboxylic acids is 1. The normalized spacial score (nSPS) is 11.6. The number of carboxylic acids is 1. The summed E-state index contributed by atoms with van der Waals surface area (Å²) in [5.74, 6) is -1.27. The van der Waals surface area contributed by atoms with Crippen LogP contribution in [0.4, 0.5) is 4.39 Å². The maximum absolute atomic E-state index is 13.7. The lowest BCUT2D eigenvalue weighted by Crippen LogP contribution is -2.42. The highest BCUT2D eigenvalue weighted by Crippen LogP contribution is 2.33. The molecule has 2 rings (SSSR count). The van der Waals surface area contributed by atoms with Crippen LogP contribution in [0.25, 0.3) is 11.4 Å². The van der Waals surface area contributed by atoms with Crippen LogP contribution < -0.4 is 0 Å². The molecule has 0 aliphatic rings. The molecule has 0 radical (unpaired) electrons. The first-order chi connectivity index (χ1) is 9.97. The van der Waals surface area contributed by atoms with E-state index in [2.05, 4.69) is 31.5 Å². The van der Waals surface area contributed by atoms with Crippen molar-refractivity contribution >= 4 is 21.9 Å². The van der Waals surface area contributed by atoms with Crippen molar-refractivity contribution in [2.24, 2.45) is 0 Å². The average Bonchev–Trinajstić information content (AvgIpc) is 2.93. The highest BCUT2D eigenvalue weighted by molar-refractivity contribution is 9.10. The van der Waals surface area contributed by atoms with E-state index >= 15 is 0 Å². The predicted octanol–water partition coefficient (Wildman–Crippen LogP) is 2.84. The van der Waals surface area contributed by atoms with E-state index in [-0.39, 0.29) is 10.3 Å². The fourth-order valence-electron chi connectivity index (χ4n) is 2.26. The largest absolute Gasteiger partial charge is 0.479 e. The molecule has 1 aromatic carbocycles. The molecule has 2 aromatic rings. The van der Waals surface area contributed by atoms with E-state index in [0.717, 1.165) is 0 Å². The molecule has 0 spiro atoms. The van der Waals surface area contributed by atoms with Crippen LogP contribution in [0.15, 0.2) is 22.7 Å². The lowest BCUT2D eigenvalue weighted by atomic mass is 9.92. The average molecular weight is 357 g/mol. The topological polar surface area (TPSA) is 80.9 Å². The number of carbonyl (C=O) groups is 1. The van der Waals surface area contributed by atoms with Crippen molar-refractivity contribution in [2.75, 3.05) is 0 Å². The number of halogens is 2. The molecule has 112 valence electrons. The number of aromatic nitrogens is 4. The lowest BCUT2D eigenvalue weighted by Gasteiger charge is -2.27. The summed E-state index contributed by atoms with van der Waals surface area (Å²) in [7, 11) is 0. The van der Waals surface area contributed by atoms with Crippen LogP contribution in [0.1, 0.15) is 26.7 Å². The molecule has 0 amide bonds. The fraction of sp³-hybridized carbons (Fsp3) is 0.385. The van der Waals surface area contributed by atoms with Crippen molar-refractivity contribution in [3.8, 4) is 11.4 Å². The SMILES string of the molecule is CCC(CC)(C(=O)O)n1nnnc1-c1cccc(F)c1Br. The number of hydrogen-bond donors (Lipinski definition) is 1. The molecule has 1 N–H and O–H groups in total. The van der Waals surface area contributed by atoms with E-state index < -0.39 is 17.3 Å². The molecule has 0 unspecified atom stereocenters. The lowest BCUT2D eigenvalue weighted by molar-refractivity contribution is -0.148. The number of rotatable bonds is 5. The standard InChI is InChI=1S/C13H14BrFN4O2/c1-3-13(4-2,12(20)21)19-11(16-17-18-19)8-6-5-7-9(15)10(8)14/h5-7H,3-4H2,1-2H3,(H,20,21). The van der Waals surface area contributed by atoms with Crippen LogP contribution in [0.2, 0.25) is 0 Å². The quantitative estimate of drug-likeness (QED) is 0.890. The summed E-state index contributed by atoms with van der Waals surface area (Å²) in [6, 6.07) is 4.45. The van der Waals surface area contributed by atoms with Gasteiger partial charge >= 0.3 is 5.97 Å². The highest BCUT2D eigenvalue weighted by atomic mass is 79.9. The number of benzene rings is 1.